The Morgan fingerprint density at radius 1 is 1.10 bits per heavy atom. The molecule has 50 valence electrons. The van der Waals surface area contributed by atoms with Crippen LogP contribution in [0.15, 0.2) is 0 Å². The number of hydrogen-bond acceptors (Lipinski definition) is 0. The van der Waals surface area contributed by atoms with E-state index in [2.05, 4.69) is 6.92 Å². The van der Waals surface area contributed by atoms with Crippen molar-refractivity contribution < 1.29 is 0 Å². The van der Waals surface area contributed by atoms with Crippen LogP contribution in [0.3, 0.4) is 0 Å². The molecule has 0 saturated heterocycles. The summed E-state index contributed by atoms with van der Waals surface area (Å²) in [6.45, 7) is 2.44. The van der Waals surface area contributed by atoms with E-state index in [0.717, 1.165) is 5.41 Å². The molecule has 2 heteroatoms. The monoisotopic (exact) mass is 643 g/mol. The van der Waals surface area contributed by atoms with E-state index in [9.17, 15) is 0 Å². The van der Waals surface area contributed by atoms with Crippen molar-refractivity contribution in [2.24, 2.45) is 5.41 Å². The SMILES string of the molecule is CC12CC[C-](CC1)C2.[Rf].[Rf]. The van der Waals surface area contributed by atoms with Gasteiger partial charge in [0, 0.05) is 0 Å². The Morgan fingerprint density at radius 3 is 1.70 bits per heavy atom. The van der Waals surface area contributed by atoms with Crippen molar-refractivity contribution in [3.8, 4) is 0 Å². The van der Waals surface area contributed by atoms with Gasteiger partial charge < -0.3 is 5.92 Å². The zero-order valence-electron chi connectivity index (χ0n) is 6.95. The summed E-state index contributed by atoms with van der Waals surface area (Å²) in [5, 5.41) is 0. The molecule has 0 atom stereocenters. The Labute approximate surface area is 51.3 Å². The number of hydrogen-bond donors (Lipinski definition) is 0. The molecule has 0 aromatic heterocycles. The van der Waals surface area contributed by atoms with Gasteiger partial charge in [-0.1, -0.05) is 25.2 Å². The van der Waals surface area contributed by atoms with Crippen LogP contribution in [0.25, 0.3) is 0 Å². The van der Waals surface area contributed by atoms with E-state index in [4.69, 9.17) is 0 Å². The maximum atomic E-state index is 2.44. The van der Waals surface area contributed by atoms with Gasteiger partial charge in [-0.3, -0.25) is 0 Å². The van der Waals surface area contributed by atoms with E-state index in [1.807, 2.05) is 5.92 Å². The molecule has 0 spiro atoms. The quantitative estimate of drug-likeness (QED) is 0.357. The molecular formula is C8H13Rf2-. The molecule has 2 rings (SSSR count). The van der Waals surface area contributed by atoms with Gasteiger partial charge in [0.1, 0.15) is 0 Å². The van der Waals surface area contributed by atoms with Gasteiger partial charge in [-0.05, 0) is 0 Å². The van der Waals surface area contributed by atoms with Crippen LogP contribution in [-0.4, -0.2) is 0 Å². The van der Waals surface area contributed by atoms with Crippen molar-refractivity contribution in [2.45, 2.75) is 39.0 Å². The molecule has 2 fully saturated rings. The first-order valence-corrected chi connectivity index (χ1v) is 3.62. The summed E-state index contributed by atoms with van der Waals surface area (Å²) in [6.07, 6.45) is 7.35. The Bertz CT molecular complexity index is 104. The van der Waals surface area contributed by atoms with Crippen LogP contribution in [0.2, 0.25) is 0 Å². The van der Waals surface area contributed by atoms with Crippen molar-refractivity contribution in [3.05, 3.63) is 5.92 Å². The molecule has 2 saturated carbocycles. The Balaban J connectivity index is 0.000000405. The van der Waals surface area contributed by atoms with E-state index in [1.165, 1.54) is 32.1 Å². The molecule has 0 aromatic rings. The van der Waals surface area contributed by atoms with Crippen molar-refractivity contribution in [1.82, 2.24) is 0 Å². The molecular weight excluding hydrogens is 630 g/mol. The van der Waals surface area contributed by atoms with Crippen LogP contribution in [0.1, 0.15) is 39.0 Å². The van der Waals surface area contributed by atoms with Gasteiger partial charge in [-0.25, -0.2) is 0 Å². The zero-order chi connectivity index (χ0) is 5.61. The molecule has 2 aliphatic carbocycles. The average molecular weight is 643 g/mol. The van der Waals surface area contributed by atoms with Crippen molar-refractivity contribution in [2.75, 3.05) is 0 Å². The minimum atomic E-state index is 0. The van der Waals surface area contributed by atoms with E-state index in [0.29, 0.717) is 0 Å². The van der Waals surface area contributed by atoms with Gasteiger partial charge in [0.2, 0.25) is 0 Å². The molecule has 0 aliphatic heterocycles. The van der Waals surface area contributed by atoms with Crippen molar-refractivity contribution in [3.63, 3.8) is 0 Å². The van der Waals surface area contributed by atoms with Gasteiger partial charge in [0.25, 0.3) is 0 Å². The van der Waals surface area contributed by atoms with E-state index in [1.54, 1.807) is 0 Å². The van der Waals surface area contributed by atoms with Crippen LogP contribution in [0.5, 0.6) is 0 Å². The van der Waals surface area contributed by atoms with E-state index < -0.39 is 0 Å². The zero-order valence-corrected chi connectivity index (χ0v) is 19.7. The standard InChI is InChI=1S/C8H13.2Rf/c1-8-4-2-7(6-8)3-5-8;;/h2-6H2,1H3;;/q-1;;. The van der Waals surface area contributed by atoms with Crippen molar-refractivity contribution in [1.29, 1.82) is 0 Å². The Morgan fingerprint density at radius 2 is 1.60 bits per heavy atom. The fraction of sp³-hybridized carbons (Fsp3) is 0.875. The summed E-state index contributed by atoms with van der Waals surface area (Å²) in [5.41, 5.74) is 0.773. The van der Waals surface area contributed by atoms with E-state index in [-0.39, 0.29) is 0 Å². The predicted octanol–water partition coefficient (Wildman–Crippen LogP) is 2.54. The topological polar surface area (TPSA) is 0 Å². The average Bonchev–Trinajstić information content (AvgIpc) is 2.21. The van der Waals surface area contributed by atoms with Crippen LogP contribution in [-0.2, 0) is 0 Å². The molecule has 0 heterocycles. The number of rotatable bonds is 0. The van der Waals surface area contributed by atoms with Gasteiger partial charge in [-0.2, -0.15) is 19.3 Å². The Kier molecular flexibility index (Phi) is 1.40. The summed E-state index contributed by atoms with van der Waals surface area (Å²) in [6, 6.07) is 0. The number of fused-ring (bicyclic) bond motifs is 2. The van der Waals surface area contributed by atoms with Crippen LogP contribution in [0.4, 0.5) is 0 Å². The van der Waals surface area contributed by atoms with Crippen LogP contribution < -0.4 is 0 Å². The molecule has 2 aliphatic rings. The van der Waals surface area contributed by atoms with Gasteiger partial charge in [0.05, 0.1) is 0 Å². The summed E-state index contributed by atoms with van der Waals surface area (Å²) in [5.74, 6) is 1.85. The molecule has 2 bridgehead atoms. The summed E-state index contributed by atoms with van der Waals surface area (Å²) in [7, 11) is 0. The van der Waals surface area contributed by atoms with Crippen LogP contribution >= 0.6 is 0 Å². The van der Waals surface area contributed by atoms with Gasteiger partial charge >= 0.3 is 0 Å². The van der Waals surface area contributed by atoms with E-state index >= 15 is 0 Å². The molecule has 0 nitrogen and oxygen atoms in total. The summed E-state index contributed by atoms with van der Waals surface area (Å²) < 4.78 is 0. The third-order valence-electron chi connectivity index (χ3n) is 2.84. The van der Waals surface area contributed by atoms with Gasteiger partial charge in [-0.15, -0.1) is 0 Å². The molecule has 0 aromatic carbocycles. The van der Waals surface area contributed by atoms with Crippen molar-refractivity contribution >= 4 is 0 Å². The molecule has 0 amide bonds. The largest absolute Gasteiger partial charge is 0.313 e. The molecule has 0 radical (unpaired) electrons. The van der Waals surface area contributed by atoms with Crippen LogP contribution in [0, 0.1) is 11.3 Å². The first-order valence-electron chi connectivity index (χ1n) is 3.62. The normalized spacial score (nSPS) is 27.3. The third kappa shape index (κ3) is 0.667. The first-order chi connectivity index (χ1) is 3.79. The molecule has 0 unspecified atom stereocenters. The predicted molar refractivity (Wildman–Crippen MR) is 34.4 cm³/mol. The minimum absolute atomic E-state index is 0. The fourth-order valence-electron chi connectivity index (χ4n) is 2.16. The van der Waals surface area contributed by atoms with Gasteiger partial charge in [0.15, 0.2) is 0 Å². The molecule has 0 N–H and O–H groups in total. The second kappa shape index (κ2) is 1.75. The maximum absolute atomic E-state index is 2.44. The maximum Gasteiger partial charge on any atom is 0 e. The minimum Gasteiger partial charge on any atom is -0.313 e. The fourth-order valence-corrected chi connectivity index (χ4v) is 2.16. The summed E-state index contributed by atoms with van der Waals surface area (Å²) >= 11 is 0. The third-order valence-corrected chi connectivity index (χ3v) is 2.84. The summed E-state index contributed by atoms with van der Waals surface area (Å²) in [4.78, 5) is 0. The smallest absolute Gasteiger partial charge is 0 e. The first kappa shape index (κ1) is 8.00. The Hall–Kier alpha value is -2.00. The second-order valence-corrected chi connectivity index (χ2v) is 3.74. The second-order valence-electron chi connectivity index (χ2n) is 3.74. The molecule has 10 heavy (non-hydrogen) atoms.